The Morgan fingerprint density at radius 3 is 2.31 bits per heavy atom. The van der Waals surface area contributed by atoms with Gasteiger partial charge < -0.3 is 15.5 Å². The molecule has 3 aromatic rings. The molecule has 2 N–H and O–H groups in total. The van der Waals surface area contributed by atoms with Crippen molar-refractivity contribution in [2.24, 2.45) is 0 Å². The third-order valence-corrected chi connectivity index (χ3v) is 5.29. The van der Waals surface area contributed by atoms with Gasteiger partial charge in [0.25, 0.3) is 0 Å². The molecule has 0 saturated carbocycles. The van der Waals surface area contributed by atoms with Gasteiger partial charge in [-0.1, -0.05) is 6.07 Å². The number of pyridine rings is 1. The van der Waals surface area contributed by atoms with E-state index in [-0.39, 0.29) is 54.0 Å². The number of amides is 1. The van der Waals surface area contributed by atoms with E-state index in [0.29, 0.717) is 19.3 Å². The molecule has 7 nitrogen and oxygen atoms in total. The molecule has 192 valence electrons. The molecule has 0 radical (unpaired) electrons. The summed E-state index contributed by atoms with van der Waals surface area (Å²) < 4.78 is 66.7. The highest BCUT2D eigenvalue weighted by Crippen LogP contribution is 2.31. The molecule has 0 spiro atoms. The molecule has 0 saturated heterocycles. The van der Waals surface area contributed by atoms with Crippen LogP contribution in [0, 0.1) is 11.6 Å². The molecule has 0 aliphatic heterocycles. The number of hydrogen-bond acceptors (Lipinski definition) is 6. The highest BCUT2D eigenvalue weighted by Gasteiger charge is 2.31. The number of carbonyl (C=O) groups excluding carboxylic acids is 1. The van der Waals surface area contributed by atoms with Crippen LogP contribution in [0.25, 0.3) is 11.4 Å². The van der Waals surface area contributed by atoms with Crippen molar-refractivity contribution in [2.45, 2.75) is 33.0 Å². The Morgan fingerprint density at radius 1 is 0.972 bits per heavy atom. The summed E-state index contributed by atoms with van der Waals surface area (Å²) >= 11 is 0. The van der Waals surface area contributed by atoms with Gasteiger partial charge in [-0.2, -0.15) is 13.2 Å². The van der Waals surface area contributed by atoms with Crippen LogP contribution in [0.15, 0.2) is 42.7 Å². The summed E-state index contributed by atoms with van der Waals surface area (Å²) in [7, 11) is 0. The minimum Gasteiger partial charge on any atom is -0.369 e. The first-order valence-electron chi connectivity index (χ1n) is 11.2. The standard InChI is InChI=1S/C24H25F5N6O/c1-3-35(4-2)22(36)7-8-31-20-11-21(32-13-15-5-6-18(25)10-19(15)26)34-23(33-20)16-9-17(14-30-12-16)24(27,28)29/h5-6,9-12,14H,3-4,7-8,13H2,1-2H3,(H2,31,32,33,34). The number of nitrogens with zero attached hydrogens (tertiary/aromatic N) is 4. The summed E-state index contributed by atoms with van der Waals surface area (Å²) in [6, 6.07) is 5.48. The zero-order chi connectivity index (χ0) is 26.3. The number of anilines is 2. The molecule has 0 unspecified atom stereocenters. The van der Waals surface area contributed by atoms with E-state index in [4.69, 9.17) is 0 Å². The fraction of sp³-hybridized carbons (Fsp3) is 0.333. The number of halogens is 5. The second-order valence-electron chi connectivity index (χ2n) is 7.75. The topological polar surface area (TPSA) is 83.0 Å². The Balaban J connectivity index is 1.86. The van der Waals surface area contributed by atoms with E-state index >= 15 is 0 Å². The van der Waals surface area contributed by atoms with Crippen molar-refractivity contribution in [1.82, 2.24) is 19.9 Å². The summed E-state index contributed by atoms with van der Waals surface area (Å²) in [6.07, 6.45) is -2.54. The van der Waals surface area contributed by atoms with Gasteiger partial charge >= 0.3 is 6.18 Å². The molecule has 0 aliphatic carbocycles. The number of aromatic nitrogens is 3. The van der Waals surface area contributed by atoms with Crippen molar-refractivity contribution >= 4 is 17.5 Å². The lowest BCUT2D eigenvalue weighted by molar-refractivity contribution is -0.137. The van der Waals surface area contributed by atoms with E-state index in [1.165, 1.54) is 18.3 Å². The number of hydrogen-bond donors (Lipinski definition) is 2. The number of alkyl halides is 3. The van der Waals surface area contributed by atoms with Gasteiger partial charge in [-0.3, -0.25) is 9.78 Å². The van der Waals surface area contributed by atoms with Gasteiger partial charge in [0.05, 0.1) is 5.56 Å². The summed E-state index contributed by atoms with van der Waals surface area (Å²) in [5.41, 5.74) is -0.782. The van der Waals surface area contributed by atoms with Gasteiger partial charge in [-0.15, -0.1) is 0 Å². The fourth-order valence-corrected chi connectivity index (χ4v) is 3.36. The zero-order valence-electron chi connectivity index (χ0n) is 19.7. The molecule has 12 heteroatoms. The molecular weight excluding hydrogens is 483 g/mol. The van der Waals surface area contributed by atoms with Crippen molar-refractivity contribution in [3.05, 3.63) is 65.5 Å². The third kappa shape index (κ3) is 7.09. The van der Waals surface area contributed by atoms with E-state index in [0.717, 1.165) is 18.2 Å². The normalized spacial score (nSPS) is 11.3. The van der Waals surface area contributed by atoms with Gasteiger partial charge in [0, 0.05) is 68.3 Å². The molecule has 36 heavy (non-hydrogen) atoms. The predicted molar refractivity (Wildman–Crippen MR) is 125 cm³/mol. The van der Waals surface area contributed by atoms with Crippen molar-refractivity contribution in [3.63, 3.8) is 0 Å². The number of nitrogens with one attached hydrogen (secondary N) is 2. The van der Waals surface area contributed by atoms with Crippen LogP contribution in [0.1, 0.15) is 31.4 Å². The zero-order valence-corrected chi connectivity index (χ0v) is 19.7. The van der Waals surface area contributed by atoms with E-state index in [1.807, 2.05) is 13.8 Å². The number of carbonyl (C=O) groups is 1. The summed E-state index contributed by atoms with van der Waals surface area (Å²) in [4.78, 5) is 26.1. The first-order valence-corrected chi connectivity index (χ1v) is 11.2. The lowest BCUT2D eigenvalue weighted by Gasteiger charge is -2.18. The average Bonchev–Trinajstić information content (AvgIpc) is 2.84. The van der Waals surface area contributed by atoms with Gasteiger partial charge in [-0.05, 0) is 26.0 Å². The highest BCUT2D eigenvalue weighted by molar-refractivity contribution is 5.76. The summed E-state index contributed by atoms with van der Waals surface area (Å²) in [5.74, 6) is -1.18. The molecule has 0 atom stereocenters. The van der Waals surface area contributed by atoms with Gasteiger partial charge in [-0.25, -0.2) is 18.7 Å². The van der Waals surface area contributed by atoms with Gasteiger partial charge in [0.1, 0.15) is 23.3 Å². The first-order chi connectivity index (χ1) is 17.1. The summed E-state index contributed by atoms with van der Waals surface area (Å²) in [6.45, 7) is 5.04. The quantitative estimate of drug-likeness (QED) is 0.370. The molecular formula is C24H25F5N6O. The average molecular weight is 508 g/mol. The molecule has 3 rings (SSSR count). The SMILES string of the molecule is CCN(CC)C(=O)CCNc1cc(NCc2ccc(F)cc2F)nc(-c2cncc(C(F)(F)F)c2)n1. The lowest BCUT2D eigenvalue weighted by atomic mass is 10.2. The highest BCUT2D eigenvalue weighted by atomic mass is 19.4. The Labute approximate surface area is 204 Å². The maximum Gasteiger partial charge on any atom is 0.417 e. The minimum absolute atomic E-state index is 0.0173. The van der Waals surface area contributed by atoms with Crippen molar-refractivity contribution < 1.29 is 26.7 Å². The van der Waals surface area contributed by atoms with Crippen LogP contribution in [0.4, 0.5) is 33.6 Å². The monoisotopic (exact) mass is 508 g/mol. The molecule has 1 aromatic carbocycles. The van der Waals surface area contributed by atoms with E-state index in [9.17, 15) is 26.7 Å². The van der Waals surface area contributed by atoms with Crippen molar-refractivity contribution in [3.8, 4) is 11.4 Å². The van der Waals surface area contributed by atoms with Crippen molar-refractivity contribution in [1.29, 1.82) is 0 Å². The van der Waals surface area contributed by atoms with E-state index in [2.05, 4.69) is 25.6 Å². The molecule has 2 heterocycles. The second kappa shape index (κ2) is 11.7. The Kier molecular flexibility index (Phi) is 8.73. The largest absolute Gasteiger partial charge is 0.417 e. The summed E-state index contributed by atoms with van der Waals surface area (Å²) in [5, 5.41) is 5.87. The molecule has 0 bridgehead atoms. The fourth-order valence-electron chi connectivity index (χ4n) is 3.36. The maximum absolute atomic E-state index is 14.0. The van der Waals surface area contributed by atoms with Crippen LogP contribution < -0.4 is 10.6 Å². The van der Waals surface area contributed by atoms with Crippen LogP contribution in [-0.4, -0.2) is 45.4 Å². The Bertz CT molecular complexity index is 1200. The Hall–Kier alpha value is -3.83. The lowest BCUT2D eigenvalue weighted by Crippen LogP contribution is -2.31. The van der Waals surface area contributed by atoms with Crippen LogP contribution >= 0.6 is 0 Å². The van der Waals surface area contributed by atoms with Crippen LogP contribution in [-0.2, 0) is 17.5 Å². The molecule has 0 aliphatic rings. The number of rotatable bonds is 10. The predicted octanol–water partition coefficient (Wildman–Crippen LogP) is 5.12. The minimum atomic E-state index is -4.61. The van der Waals surface area contributed by atoms with E-state index < -0.39 is 23.4 Å². The van der Waals surface area contributed by atoms with Crippen LogP contribution in [0.5, 0.6) is 0 Å². The third-order valence-electron chi connectivity index (χ3n) is 5.29. The second-order valence-corrected chi connectivity index (χ2v) is 7.75. The molecule has 2 aromatic heterocycles. The Morgan fingerprint density at radius 2 is 1.67 bits per heavy atom. The first kappa shape index (κ1) is 26.8. The molecule has 1 amide bonds. The van der Waals surface area contributed by atoms with Gasteiger partial charge in [0.15, 0.2) is 5.82 Å². The van der Waals surface area contributed by atoms with Crippen LogP contribution in [0.2, 0.25) is 0 Å². The number of benzene rings is 1. The van der Waals surface area contributed by atoms with E-state index in [1.54, 1.807) is 4.90 Å². The molecule has 0 fully saturated rings. The smallest absolute Gasteiger partial charge is 0.369 e. The van der Waals surface area contributed by atoms with Crippen LogP contribution in [0.3, 0.4) is 0 Å². The van der Waals surface area contributed by atoms with Crippen molar-refractivity contribution in [2.75, 3.05) is 30.3 Å². The van der Waals surface area contributed by atoms with Gasteiger partial charge in [0.2, 0.25) is 5.91 Å². The maximum atomic E-state index is 14.0.